The molecule has 1 aliphatic carbocycles. The molecule has 2 atom stereocenters. The number of carbonyl (C=O) groups is 2. The number of allylic oxidation sites excluding steroid dienone is 1. The van der Waals surface area contributed by atoms with E-state index in [1.807, 2.05) is 17.7 Å². The molecule has 0 saturated carbocycles. The molecule has 1 aromatic heterocycles. The van der Waals surface area contributed by atoms with Crippen molar-refractivity contribution in [1.82, 2.24) is 14.9 Å². The lowest BCUT2D eigenvalue weighted by Gasteiger charge is -2.35. The monoisotopic (exact) mass is 445 g/mol. The van der Waals surface area contributed by atoms with E-state index in [0.29, 0.717) is 18.7 Å². The van der Waals surface area contributed by atoms with E-state index in [2.05, 4.69) is 10.3 Å². The summed E-state index contributed by atoms with van der Waals surface area (Å²) in [5.74, 6) is -0.515. The van der Waals surface area contributed by atoms with Crippen LogP contribution in [0.2, 0.25) is 5.02 Å². The Balaban J connectivity index is 1.55. The molecule has 164 valence electrons. The molecule has 2 unspecified atom stereocenters. The standard InChI is InChI=1S/C22H24ClN3O5/c1-13-9-14(25-5-4-7-26-8-6-24-12-26)10-17(27)22(13)21(28)18-15(29-2)11-16(30-3)19(23)20(18)31-22/h6,8,10-13,25H,4-5,7,9H2,1-3H3. The van der Waals surface area contributed by atoms with Gasteiger partial charge in [0.15, 0.2) is 5.75 Å². The van der Waals surface area contributed by atoms with E-state index in [-0.39, 0.29) is 22.1 Å². The molecule has 0 saturated heterocycles. The van der Waals surface area contributed by atoms with Gasteiger partial charge in [-0.25, -0.2) is 4.98 Å². The Morgan fingerprint density at radius 3 is 2.74 bits per heavy atom. The molecule has 1 spiro atoms. The predicted molar refractivity (Wildman–Crippen MR) is 114 cm³/mol. The minimum absolute atomic E-state index is 0.133. The van der Waals surface area contributed by atoms with Gasteiger partial charge in [0, 0.05) is 49.2 Å². The van der Waals surface area contributed by atoms with Gasteiger partial charge in [-0.2, -0.15) is 0 Å². The van der Waals surface area contributed by atoms with Crippen molar-refractivity contribution in [3.8, 4) is 17.2 Å². The van der Waals surface area contributed by atoms with Crippen LogP contribution in [0.15, 0.2) is 36.6 Å². The molecule has 0 bridgehead atoms. The molecular weight excluding hydrogens is 422 g/mol. The second-order valence-electron chi connectivity index (χ2n) is 7.69. The highest BCUT2D eigenvalue weighted by molar-refractivity contribution is 6.36. The average Bonchev–Trinajstić information content (AvgIpc) is 3.38. The van der Waals surface area contributed by atoms with Crippen LogP contribution in [0.5, 0.6) is 17.2 Å². The third kappa shape index (κ3) is 3.44. The predicted octanol–water partition coefficient (Wildman–Crippen LogP) is 3.04. The van der Waals surface area contributed by atoms with Crippen LogP contribution in [0.1, 0.15) is 30.1 Å². The molecular formula is C22H24ClN3O5. The molecule has 0 radical (unpaired) electrons. The molecule has 4 rings (SSSR count). The highest BCUT2D eigenvalue weighted by Crippen LogP contribution is 2.52. The average molecular weight is 446 g/mol. The number of Topliss-reactive ketones (excluding diaryl/α,β-unsaturated/α-hetero) is 1. The maximum atomic E-state index is 13.4. The maximum absolute atomic E-state index is 13.4. The number of rotatable bonds is 7. The molecule has 0 fully saturated rings. The topological polar surface area (TPSA) is 91.7 Å². The summed E-state index contributed by atoms with van der Waals surface area (Å²) in [6.07, 6.45) is 8.25. The van der Waals surface area contributed by atoms with Crippen molar-refractivity contribution in [1.29, 1.82) is 0 Å². The molecule has 31 heavy (non-hydrogen) atoms. The largest absolute Gasteiger partial charge is 0.496 e. The van der Waals surface area contributed by atoms with Crippen LogP contribution in [-0.2, 0) is 11.3 Å². The summed E-state index contributed by atoms with van der Waals surface area (Å²) in [6, 6.07) is 1.53. The molecule has 2 aliphatic rings. The van der Waals surface area contributed by atoms with Crippen molar-refractivity contribution >= 4 is 23.2 Å². The first-order valence-electron chi connectivity index (χ1n) is 10.0. The quantitative estimate of drug-likeness (QED) is 0.517. The normalized spacial score (nSPS) is 22.2. The lowest BCUT2D eigenvalue weighted by atomic mass is 9.74. The molecule has 2 aromatic rings. The fourth-order valence-corrected chi connectivity index (χ4v) is 4.45. The summed E-state index contributed by atoms with van der Waals surface area (Å²) < 4.78 is 18.7. The number of methoxy groups -OCH3 is 2. The lowest BCUT2D eigenvalue weighted by Crippen LogP contribution is -2.55. The Hall–Kier alpha value is -3.00. The zero-order valence-corrected chi connectivity index (χ0v) is 18.4. The van der Waals surface area contributed by atoms with Crippen LogP contribution in [0.25, 0.3) is 0 Å². The zero-order chi connectivity index (χ0) is 22.2. The zero-order valence-electron chi connectivity index (χ0n) is 17.6. The van der Waals surface area contributed by atoms with Gasteiger partial charge in [-0.3, -0.25) is 9.59 Å². The van der Waals surface area contributed by atoms with E-state index in [9.17, 15) is 9.59 Å². The summed E-state index contributed by atoms with van der Waals surface area (Å²) in [5, 5.41) is 3.46. The number of imidazole rings is 1. The number of aromatic nitrogens is 2. The van der Waals surface area contributed by atoms with Crippen molar-refractivity contribution in [2.24, 2.45) is 5.92 Å². The fourth-order valence-electron chi connectivity index (χ4n) is 4.18. The number of ether oxygens (including phenoxy) is 3. The van der Waals surface area contributed by atoms with E-state index < -0.39 is 23.1 Å². The summed E-state index contributed by atoms with van der Waals surface area (Å²) in [4.78, 5) is 30.7. The number of ketones is 2. The number of halogens is 1. The Morgan fingerprint density at radius 1 is 1.32 bits per heavy atom. The van der Waals surface area contributed by atoms with Gasteiger partial charge in [-0.1, -0.05) is 18.5 Å². The van der Waals surface area contributed by atoms with E-state index in [0.717, 1.165) is 18.7 Å². The number of nitrogens with one attached hydrogen (secondary N) is 1. The van der Waals surface area contributed by atoms with Crippen LogP contribution < -0.4 is 19.5 Å². The minimum atomic E-state index is -1.65. The fraction of sp³-hybridized carbons (Fsp3) is 0.409. The highest BCUT2D eigenvalue weighted by atomic mass is 35.5. The molecule has 1 aromatic carbocycles. The SMILES string of the molecule is COc1cc(OC)c2c(c1Cl)OC1(C(=O)C=C(NCCCn3ccnc3)CC1C)C2=O. The van der Waals surface area contributed by atoms with Crippen molar-refractivity contribution in [2.45, 2.75) is 31.9 Å². The molecule has 0 amide bonds. The van der Waals surface area contributed by atoms with Crippen molar-refractivity contribution in [3.63, 3.8) is 0 Å². The Bertz CT molecular complexity index is 1050. The smallest absolute Gasteiger partial charge is 0.236 e. The number of aryl methyl sites for hydroxylation is 1. The van der Waals surface area contributed by atoms with Gasteiger partial charge in [0.05, 0.1) is 20.5 Å². The first-order chi connectivity index (χ1) is 14.9. The first-order valence-corrected chi connectivity index (χ1v) is 10.4. The number of hydrogen-bond donors (Lipinski definition) is 1. The van der Waals surface area contributed by atoms with Gasteiger partial charge in [-0.05, 0) is 12.8 Å². The van der Waals surface area contributed by atoms with Crippen molar-refractivity contribution in [3.05, 3.63) is 47.1 Å². The number of hydrogen-bond acceptors (Lipinski definition) is 7. The summed E-state index contributed by atoms with van der Waals surface area (Å²) >= 11 is 6.40. The number of nitrogens with zero attached hydrogens (tertiary/aromatic N) is 2. The van der Waals surface area contributed by atoms with Gasteiger partial charge in [0.25, 0.3) is 0 Å². The Labute approximate surface area is 185 Å². The van der Waals surface area contributed by atoms with Crippen molar-refractivity contribution < 1.29 is 23.8 Å². The third-order valence-corrected chi connectivity index (χ3v) is 6.17. The Kier molecular flexibility index (Phi) is 5.66. The maximum Gasteiger partial charge on any atom is 0.236 e. The first kappa shape index (κ1) is 21.2. The number of carbonyl (C=O) groups excluding carboxylic acids is 2. The second kappa shape index (κ2) is 8.26. The number of fused-ring (bicyclic) bond motifs is 1. The van der Waals surface area contributed by atoms with Crippen LogP contribution in [0.3, 0.4) is 0 Å². The minimum Gasteiger partial charge on any atom is -0.496 e. The van der Waals surface area contributed by atoms with Crippen LogP contribution in [-0.4, -0.2) is 47.5 Å². The van der Waals surface area contributed by atoms with Crippen molar-refractivity contribution in [2.75, 3.05) is 20.8 Å². The van der Waals surface area contributed by atoms with Gasteiger partial charge >= 0.3 is 0 Å². The second-order valence-corrected chi connectivity index (χ2v) is 8.06. The molecule has 1 aliphatic heterocycles. The van der Waals surface area contributed by atoms with Gasteiger partial charge < -0.3 is 24.1 Å². The summed E-state index contributed by atoms with van der Waals surface area (Å²) in [6.45, 7) is 3.35. The van der Waals surface area contributed by atoms with E-state index in [1.54, 1.807) is 12.5 Å². The highest BCUT2D eigenvalue weighted by Gasteiger charge is 2.60. The van der Waals surface area contributed by atoms with Crippen LogP contribution in [0, 0.1) is 5.92 Å². The Morgan fingerprint density at radius 2 is 2.10 bits per heavy atom. The molecule has 1 N–H and O–H groups in total. The summed E-state index contributed by atoms with van der Waals surface area (Å²) in [7, 11) is 2.90. The third-order valence-electron chi connectivity index (χ3n) is 5.81. The van der Waals surface area contributed by atoms with Gasteiger partial charge in [0.1, 0.15) is 22.1 Å². The molecule has 2 heterocycles. The molecule has 8 nitrogen and oxygen atoms in total. The summed E-state index contributed by atoms with van der Waals surface area (Å²) in [5.41, 5.74) is -0.677. The van der Waals surface area contributed by atoms with Gasteiger partial charge in [-0.15, -0.1) is 0 Å². The van der Waals surface area contributed by atoms with Gasteiger partial charge in [0.2, 0.25) is 17.2 Å². The molecule has 9 heteroatoms. The lowest BCUT2D eigenvalue weighted by molar-refractivity contribution is -0.129. The van der Waals surface area contributed by atoms with E-state index in [4.69, 9.17) is 25.8 Å². The van der Waals surface area contributed by atoms with E-state index in [1.165, 1.54) is 26.4 Å². The number of benzene rings is 1. The van der Waals surface area contributed by atoms with E-state index >= 15 is 0 Å². The van der Waals surface area contributed by atoms with Crippen LogP contribution >= 0.6 is 11.6 Å². The van der Waals surface area contributed by atoms with Crippen LogP contribution in [0.4, 0.5) is 0 Å².